The molecule has 1 aromatic carbocycles. The van der Waals surface area contributed by atoms with E-state index in [0.717, 1.165) is 22.4 Å². The van der Waals surface area contributed by atoms with E-state index in [4.69, 9.17) is 4.74 Å². The van der Waals surface area contributed by atoms with Crippen molar-refractivity contribution >= 4 is 17.0 Å². The Morgan fingerprint density at radius 2 is 2.16 bits per heavy atom. The molecule has 0 bridgehead atoms. The van der Waals surface area contributed by atoms with E-state index in [0.29, 0.717) is 17.8 Å². The van der Waals surface area contributed by atoms with E-state index in [1.165, 1.54) is 7.11 Å². The third-order valence-electron chi connectivity index (χ3n) is 4.04. The van der Waals surface area contributed by atoms with Crippen molar-refractivity contribution in [3.63, 3.8) is 0 Å². The topological polar surface area (TPSA) is 106 Å². The largest absolute Gasteiger partial charge is 0.465 e. The van der Waals surface area contributed by atoms with Crippen LogP contribution in [0.5, 0.6) is 0 Å². The predicted molar refractivity (Wildman–Crippen MR) is 90.7 cm³/mol. The second-order valence-electron chi connectivity index (χ2n) is 5.85. The van der Waals surface area contributed by atoms with Crippen LogP contribution in [0.2, 0.25) is 0 Å². The highest BCUT2D eigenvalue weighted by Gasteiger charge is 2.22. The molecule has 0 fully saturated rings. The van der Waals surface area contributed by atoms with Crippen LogP contribution in [-0.2, 0) is 11.3 Å². The maximum absolute atomic E-state index is 12.0. The van der Waals surface area contributed by atoms with E-state index in [9.17, 15) is 9.59 Å². The molecule has 2 N–H and O–H groups in total. The predicted octanol–water partition coefficient (Wildman–Crippen LogP) is 1.70. The average Bonchev–Trinajstić information content (AvgIpc) is 3.16. The number of benzene rings is 1. The highest BCUT2D eigenvalue weighted by Crippen LogP contribution is 2.21. The van der Waals surface area contributed by atoms with E-state index in [2.05, 4.69) is 20.2 Å². The van der Waals surface area contributed by atoms with Crippen molar-refractivity contribution in [3.8, 4) is 11.3 Å². The number of aryl methyl sites for hydroxylation is 1. The molecule has 0 atom stereocenters. The molecule has 126 valence electrons. The lowest BCUT2D eigenvalue weighted by Gasteiger charge is -2.10. The number of aromatic amines is 2. The van der Waals surface area contributed by atoms with Crippen LogP contribution in [0, 0.1) is 6.92 Å². The molecule has 0 spiro atoms. The van der Waals surface area contributed by atoms with Crippen LogP contribution in [0.15, 0.2) is 35.4 Å². The van der Waals surface area contributed by atoms with Gasteiger partial charge >= 0.3 is 5.97 Å². The molecule has 3 heterocycles. The fourth-order valence-corrected chi connectivity index (χ4v) is 2.86. The van der Waals surface area contributed by atoms with Crippen molar-refractivity contribution in [1.82, 2.24) is 24.7 Å². The summed E-state index contributed by atoms with van der Waals surface area (Å²) in [5.74, 6) is 0.169. The number of hydrogen-bond donors (Lipinski definition) is 2. The van der Waals surface area contributed by atoms with Crippen molar-refractivity contribution in [3.05, 3.63) is 57.9 Å². The summed E-state index contributed by atoms with van der Waals surface area (Å²) >= 11 is 0. The van der Waals surface area contributed by atoms with Crippen LogP contribution in [0.3, 0.4) is 0 Å². The monoisotopic (exact) mass is 337 g/mol. The number of ether oxygens (including phenoxy) is 1. The lowest BCUT2D eigenvalue weighted by molar-refractivity contribution is 0.0600. The van der Waals surface area contributed by atoms with Gasteiger partial charge in [0.05, 0.1) is 30.3 Å². The molecule has 1 aromatic heterocycles. The normalized spacial score (nSPS) is 11.3. The number of H-pyrrole nitrogens is 2. The number of nitrogens with zero attached hydrogens (tertiary/aromatic N) is 3. The fourth-order valence-electron chi connectivity index (χ4n) is 2.86. The summed E-state index contributed by atoms with van der Waals surface area (Å²) in [5, 5.41) is 6.27. The van der Waals surface area contributed by atoms with Crippen LogP contribution in [0.25, 0.3) is 22.3 Å². The quantitative estimate of drug-likeness (QED) is 0.554. The first-order valence-electron chi connectivity index (χ1n) is 7.67. The van der Waals surface area contributed by atoms with E-state index in [1.54, 1.807) is 17.0 Å². The molecule has 25 heavy (non-hydrogen) atoms. The van der Waals surface area contributed by atoms with Crippen molar-refractivity contribution < 1.29 is 9.53 Å². The van der Waals surface area contributed by atoms with Gasteiger partial charge in [-0.1, -0.05) is 6.07 Å². The van der Waals surface area contributed by atoms with E-state index < -0.39 is 5.97 Å². The summed E-state index contributed by atoms with van der Waals surface area (Å²) in [6.45, 7) is 2.39. The Kier molecular flexibility index (Phi) is 3.38. The van der Waals surface area contributed by atoms with Gasteiger partial charge in [0.2, 0.25) is 0 Å². The van der Waals surface area contributed by atoms with Crippen molar-refractivity contribution in [2.75, 3.05) is 7.11 Å². The minimum atomic E-state index is -0.550. The molecule has 0 radical (unpaired) electrons. The second kappa shape index (κ2) is 5.59. The fraction of sp³-hybridized carbons (Fsp3) is 0.176. The molecule has 4 rings (SSSR count). The number of rotatable bonds is 3. The standard InChI is InChI=1S/C17H15N5O3/c1-9-3-4-12-13(5-9)19-14(18-12)8-22-6-10-15(20-21-16(10)23)11(7-22)17(24)25-2/h3-7H,8H2,1-2H3,(H,18,19)(H,21,23). The first-order chi connectivity index (χ1) is 12.0. The Bertz CT molecular complexity index is 1120. The third kappa shape index (κ3) is 2.57. The number of aromatic nitrogens is 5. The van der Waals surface area contributed by atoms with Gasteiger partial charge in [0.1, 0.15) is 17.1 Å². The molecular weight excluding hydrogens is 322 g/mol. The number of methoxy groups -OCH3 is 1. The molecule has 2 aromatic rings. The molecule has 0 aliphatic carbocycles. The smallest absolute Gasteiger partial charge is 0.341 e. The number of nitrogens with one attached hydrogen (secondary N) is 2. The van der Waals surface area contributed by atoms with Crippen LogP contribution >= 0.6 is 0 Å². The van der Waals surface area contributed by atoms with Gasteiger partial charge in [-0.3, -0.25) is 4.79 Å². The zero-order valence-corrected chi connectivity index (χ0v) is 13.7. The number of fused-ring (bicyclic) bond motifs is 2. The summed E-state index contributed by atoms with van der Waals surface area (Å²) in [7, 11) is 1.29. The first-order valence-corrected chi connectivity index (χ1v) is 7.67. The van der Waals surface area contributed by atoms with Crippen molar-refractivity contribution in [2.45, 2.75) is 13.5 Å². The minimum absolute atomic E-state index is 0.227. The van der Waals surface area contributed by atoms with Crippen LogP contribution < -0.4 is 5.56 Å². The average molecular weight is 337 g/mol. The molecular formula is C17H15N5O3. The van der Waals surface area contributed by atoms with Crippen LogP contribution in [0.1, 0.15) is 21.7 Å². The summed E-state index contributed by atoms with van der Waals surface area (Å²) < 4.78 is 6.51. The Hall–Kier alpha value is -3.42. The second-order valence-corrected chi connectivity index (χ2v) is 5.85. The SMILES string of the molecule is COC(=O)c1cn(Cc2nc3ccc(C)cc3[nH]2)cc2c(=O)[nH]nc1-2. The summed E-state index contributed by atoms with van der Waals surface area (Å²) in [6, 6.07) is 5.96. The maximum atomic E-state index is 12.0. The number of pyridine rings is 1. The van der Waals surface area contributed by atoms with Crippen LogP contribution in [-0.4, -0.2) is 37.8 Å². The van der Waals surface area contributed by atoms with E-state index >= 15 is 0 Å². The Balaban J connectivity index is 1.79. The van der Waals surface area contributed by atoms with Crippen LogP contribution in [0.4, 0.5) is 0 Å². The zero-order chi connectivity index (χ0) is 17.6. The van der Waals surface area contributed by atoms with Crippen molar-refractivity contribution in [1.29, 1.82) is 0 Å². The van der Waals surface area contributed by atoms with Gasteiger partial charge in [-0.05, 0) is 24.6 Å². The maximum Gasteiger partial charge on any atom is 0.341 e. The van der Waals surface area contributed by atoms with Gasteiger partial charge in [-0.15, -0.1) is 0 Å². The molecule has 0 saturated carbocycles. The van der Waals surface area contributed by atoms with E-state index in [1.807, 2.05) is 25.1 Å². The molecule has 0 saturated heterocycles. The molecule has 0 unspecified atom stereocenters. The molecule has 8 heteroatoms. The summed E-state index contributed by atoms with van der Waals surface area (Å²) in [4.78, 5) is 31.7. The first kappa shape index (κ1) is 15.1. The summed E-state index contributed by atoms with van der Waals surface area (Å²) in [5.41, 5.74) is 3.45. The summed E-state index contributed by atoms with van der Waals surface area (Å²) in [6.07, 6.45) is 3.25. The Morgan fingerprint density at radius 1 is 1.32 bits per heavy atom. The van der Waals surface area contributed by atoms with Gasteiger partial charge in [0, 0.05) is 12.4 Å². The minimum Gasteiger partial charge on any atom is -0.465 e. The lowest BCUT2D eigenvalue weighted by Crippen LogP contribution is -2.13. The number of carbonyl (C=O) groups is 1. The number of esters is 1. The van der Waals surface area contributed by atoms with Gasteiger partial charge in [0.25, 0.3) is 5.56 Å². The van der Waals surface area contributed by atoms with Gasteiger partial charge < -0.3 is 14.3 Å². The Morgan fingerprint density at radius 3 is 2.96 bits per heavy atom. The lowest BCUT2D eigenvalue weighted by atomic mass is 10.1. The highest BCUT2D eigenvalue weighted by atomic mass is 16.5. The number of imidazole rings is 1. The molecule has 0 amide bonds. The number of carbonyl (C=O) groups excluding carboxylic acids is 1. The highest BCUT2D eigenvalue weighted by molar-refractivity contribution is 5.95. The van der Waals surface area contributed by atoms with Crippen molar-refractivity contribution in [2.24, 2.45) is 0 Å². The molecule has 8 nitrogen and oxygen atoms in total. The molecule has 2 aliphatic rings. The van der Waals surface area contributed by atoms with Gasteiger partial charge in [0.15, 0.2) is 0 Å². The van der Waals surface area contributed by atoms with Gasteiger partial charge in [-0.2, -0.15) is 5.10 Å². The van der Waals surface area contributed by atoms with E-state index in [-0.39, 0.29) is 11.1 Å². The van der Waals surface area contributed by atoms with Gasteiger partial charge in [-0.25, -0.2) is 14.9 Å². The molecule has 2 aliphatic heterocycles. The third-order valence-corrected chi connectivity index (χ3v) is 4.04. The Labute approximate surface area is 141 Å². The number of hydrogen-bond acceptors (Lipinski definition) is 5. The zero-order valence-electron chi connectivity index (χ0n) is 13.7.